The summed E-state index contributed by atoms with van der Waals surface area (Å²) in [4.78, 5) is 15.7. The van der Waals surface area contributed by atoms with Gasteiger partial charge in [0.2, 0.25) is 0 Å². The number of ether oxygens (including phenoxy) is 1. The third kappa shape index (κ3) is 3.82. The van der Waals surface area contributed by atoms with E-state index >= 15 is 0 Å². The maximum atomic E-state index is 13.2. The number of carbonyl (C=O) groups excluding carboxylic acids is 1. The Hall–Kier alpha value is -1.50. The number of aromatic nitrogens is 1. The lowest BCUT2D eigenvalue weighted by Crippen LogP contribution is -2.34. The average molecular weight is 337 g/mol. The summed E-state index contributed by atoms with van der Waals surface area (Å²) < 4.78 is 44.6. The molecule has 1 aliphatic rings. The van der Waals surface area contributed by atoms with Crippen LogP contribution >= 0.6 is 11.6 Å². The van der Waals surface area contributed by atoms with E-state index in [1.807, 2.05) is 0 Å². The molecular formula is C14H16ClF3N2O2. The van der Waals surface area contributed by atoms with E-state index in [1.54, 1.807) is 20.8 Å². The number of amides is 1. The number of rotatable bonds is 1. The Morgan fingerprint density at radius 1 is 1.41 bits per heavy atom. The van der Waals surface area contributed by atoms with Gasteiger partial charge in [0.15, 0.2) is 0 Å². The van der Waals surface area contributed by atoms with E-state index in [0.717, 1.165) is 6.07 Å². The molecule has 1 aromatic heterocycles. The molecule has 1 heterocycles. The highest BCUT2D eigenvalue weighted by Crippen LogP contribution is 2.41. The van der Waals surface area contributed by atoms with Crippen molar-refractivity contribution in [2.75, 3.05) is 0 Å². The molecule has 0 aromatic carbocycles. The molecule has 1 atom stereocenters. The highest BCUT2D eigenvalue weighted by Gasteiger charge is 2.40. The van der Waals surface area contributed by atoms with Gasteiger partial charge in [-0.25, -0.2) is 9.78 Å². The molecule has 0 fully saturated rings. The molecule has 0 aliphatic heterocycles. The summed E-state index contributed by atoms with van der Waals surface area (Å²) in [6, 6.07) is 0.00130. The van der Waals surface area contributed by atoms with Gasteiger partial charge in [-0.3, -0.25) is 0 Å². The molecule has 1 N–H and O–H groups in total. The fraction of sp³-hybridized carbons (Fsp3) is 0.571. The summed E-state index contributed by atoms with van der Waals surface area (Å²) in [5.41, 5.74) is -1.35. The Bertz CT molecular complexity index is 597. The minimum absolute atomic E-state index is 0.0252. The SMILES string of the molecule is CC(C)(C)OC(=O)NC1CCc2nc(Cl)cc(C(F)(F)F)c21. The average Bonchev–Trinajstić information content (AvgIpc) is 2.67. The Morgan fingerprint density at radius 3 is 2.59 bits per heavy atom. The van der Waals surface area contributed by atoms with Gasteiger partial charge in [-0.05, 0) is 39.7 Å². The molecule has 1 aliphatic carbocycles. The summed E-state index contributed by atoms with van der Waals surface area (Å²) in [6.45, 7) is 5.03. The van der Waals surface area contributed by atoms with Crippen molar-refractivity contribution >= 4 is 17.7 Å². The molecule has 0 bridgehead atoms. The normalized spacial score (nSPS) is 18.0. The monoisotopic (exact) mass is 336 g/mol. The van der Waals surface area contributed by atoms with Gasteiger partial charge in [0.05, 0.1) is 11.6 Å². The van der Waals surface area contributed by atoms with Crippen molar-refractivity contribution in [3.63, 3.8) is 0 Å². The van der Waals surface area contributed by atoms with E-state index in [-0.39, 0.29) is 16.4 Å². The molecule has 0 spiro atoms. The second-order valence-electron chi connectivity index (χ2n) is 6.09. The first kappa shape index (κ1) is 16.9. The number of nitrogens with one attached hydrogen (secondary N) is 1. The van der Waals surface area contributed by atoms with Crippen molar-refractivity contribution in [3.8, 4) is 0 Å². The Labute approximate surface area is 131 Å². The highest BCUT2D eigenvalue weighted by atomic mass is 35.5. The first-order chi connectivity index (χ1) is 9.97. The number of halogens is 4. The van der Waals surface area contributed by atoms with Crippen molar-refractivity contribution < 1.29 is 22.7 Å². The van der Waals surface area contributed by atoms with E-state index in [2.05, 4.69) is 10.3 Å². The second-order valence-corrected chi connectivity index (χ2v) is 6.48. The largest absolute Gasteiger partial charge is 0.444 e. The number of hydrogen-bond acceptors (Lipinski definition) is 3. The minimum Gasteiger partial charge on any atom is -0.444 e. The molecule has 4 nitrogen and oxygen atoms in total. The Morgan fingerprint density at radius 2 is 2.05 bits per heavy atom. The van der Waals surface area contributed by atoms with Crippen LogP contribution < -0.4 is 5.32 Å². The zero-order valence-corrected chi connectivity index (χ0v) is 13.1. The highest BCUT2D eigenvalue weighted by molar-refractivity contribution is 6.29. The lowest BCUT2D eigenvalue weighted by atomic mass is 10.0. The maximum absolute atomic E-state index is 13.2. The van der Waals surface area contributed by atoms with Crippen LogP contribution in [-0.2, 0) is 17.3 Å². The molecular weight excluding hydrogens is 321 g/mol. The lowest BCUT2D eigenvalue weighted by molar-refractivity contribution is -0.138. The Balaban J connectivity index is 2.30. The number of pyridine rings is 1. The quantitative estimate of drug-likeness (QED) is 0.779. The van der Waals surface area contributed by atoms with Crippen LogP contribution in [0, 0.1) is 0 Å². The van der Waals surface area contributed by atoms with Crippen LogP contribution in [-0.4, -0.2) is 16.7 Å². The van der Waals surface area contributed by atoms with E-state index in [0.29, 0.717) is 12.8 Å². The van der Waals surface area contributed by atoms with Gasteiger partial charge in [-0.2, -0.15) is 13.2 Å². The number of fused-ring (bicyclic) bond motifs is 1. The fourth-order valence-corrected chi connectivity index (χ4v) is 2.62. The third-order valence-corrected chi connectivity index (χ3v) is 3.31. The predicted octanol–water partition coefficient (Wildman–Crippen LogP) is 4.27. The van der Waals surface area contributed by atoms with Crippen LogP contribution in [0.3, 0.4) is 0 Å². The summed E-state index contributed by atoms with van der Waals surface area (Å²) in [7, 11) is 0. The van der Waals surface area contributed by atoms with Crippen LogP contribution in [0.5, 0.6) is 0 Å². The Kier molecular flexibility index (Phi) is 4.30. The first-order valence-corrected chi connectivity index (χ1v) is 7.11. The van der Waals surface area contributed by atoms with Crippen molar-refractivity contribution in [2.24, 2.45) is 0 Å². The fourth-order valence-electron chi connectivity index (χ4n) is 2.41. The lowest BCUT2D eigenvalue weighted by Gasteiger charge is -2.23. The second kappa shape index (κ2) is 5.61. The van der Waals surface area contributed by atoms with Crippen molar-refractivity contribution in [3.05, 3.63) is 28.0 Å². The number of nitrogens with zero attached hydrogens (tertiary/aromatic N) is 1. The molecule has 1 amide bonds. The van der Waals surface area contributed by atoms with Gasteiger partial charge in [0.25, 0.3) is 0 Å². The molecule has 8 heteroatoms. The van der Waals surface area contributed by atoms with E-state index in [9.17, 15) is 18.0 Å². The molecule has 1 aromatic rings. The van der Waals surface area contributed by atoms with Crippen LogP contribution in [0.25, 0.3) is 0 Å². The number of alkyl carbamates (subject to hydrolysis) is 1. The van der Waals surface area contributed by atoms with E-state index < -0.39 is 29.5 Å². The molecule has 2 rings (SSSR count). The number of alkyl halides is 3. The van der Waals surface area contributed by atoms with Crippen LogP contribution in [0.2, 0.25) is 5.15 Å². The summed E-state index contributed by atoms with van der Waals surface area (Å²) in [6.07, 6.45) is -4.67. The molecule has 0 saturated carbocycles. The minimum atomic E-state index is -4.56. The zero-order valence-electron chi connectivity index (χ0n) is 12.3. The van der Waals surface area contributed by atoms with Gasteiger partial charge < -0.3 is 10.1 Å². The zero-order chi connectivity index (χ0) is 16.7. The van der Waals surface area contributed by atoms with Crippen LogP contribution in [0.1, 0.15) is 50.1 Å². The van der Waals surface area contributed by atoms with Crippen molar-refractivity contribution in [1.82, 2.24) is 10.3 Å². The maximum Gasteiger partial charge on any atom is 0.416 e. The number of hydrogen-bond donors (Lipinski definition) is 1. The molecule has 1 unspecified atom stereocenters. The summed E-state index contributed by atoms with van der Waals surface area (Å²) >= 11 is 5.65. The predicted molar refractivity (Wildman–Crippen MR) is 74.7 cm³/mol. The number of carbonyl (C=O) groups is 1. The standard InChI is InChI=1S/C14H16ClF3N2O2/c1-13(2,3)22-12(21)20-9-5-4-8-11(9)7(14(16,17)18)6-10(15)19-8/h6,9H,4-5H2,1-3H3,(H,20,21). The van der Waals surface area contributed by atoms with Crippen molar-refractivity contribution in [2.45, 2.75) is 51.4 Å². The van der Waals surface area contributed by atoms with Crippen molar-refractivity contribution in [1.29, 1.82) is 0 Å². The van der Waals surface area contributed by atoms with Crippen LogP contribution in [0.15, 0.2) is 6.07 Å². The van der Waals surface area contributed by atoms with Gasteiger partial charge in [0.1, 0.15) is 10.8 Å². The molecule has 0 radical (unpaired) electrons. The van der Waals surface area contributed by atoms with Gasteiger partial charge in [-0.15, -0.1) is 0 Å². The summed E-state index contributed by atoms with van der Waals surface area (Å²) in [5.74, 6) is 0. The van der Waals surface area contributed by atoms with Gasteiger partial charge in [0, 0.05) is 11.3 Å². The molecule has 122 valence electrons. The third-order valence-electron chi connectivity index (χ3n) is 3.12. The smallest absolute Gasteiger partial charge is 0.416 e. The van der Waals surface area contributed by atoms with E-state index in [4.69, 9.17) is 16.3 Å². The number of aryl methyl sites for hydroxylation is 1. The van der Waals surface area contributed by atoms with E-state index in [1.165, 1.54) is 0 Å². The van der Waals surface area contributed by atoms with Gasteiger partial charge >= 0.3 is 12.3 Å². The topological polar surface area (TPSA) is 51.2 Å². The molecule has 0 saturated heterocycles. The van der Waals surface area contributed by atoms with Crippen LogP contribution in [0.4, 0.5) is 18.0 Å². The molecule has 22 heavy (non-hydrogen) atoms. The van der Waals surface area contributed by atoms with Gasteiger partial charge in [-0.1, -0.05) is 11.6 Å². The summed E-state index contributed by atoms with van der Waals surface area (Å²) in [5, 5.41) is 2.27. The first-order valence-electron chi connectivity index (χ1n) is 6.73.